The molecular weight excluding hydrogens is 502 g/mol. The Morgan fingerprint density at radius 2 is 1.92 bits per heavy atom. The van der Waals surface area contributed by atoms with E-state index < -0.39 is 25.6 Å². The first-order chi connectivity index (χ1) is 17.7. The third kappa shape index (κ3) is 3.24. The van der Waals surface area contributed by atoms with Gasteiger partial charge >= 0.3 is 5.97 Å². The molecule has 1 fully saturated rings. The second kappa shape index (κ2) is 7.75. The fraction of sp³-hybridized carbons (Fsp3) is 0.464. The number of fused-ring (bicyclic) bond motifs is 8. The number of aromatic hydroxyl groups is 1. The number of carbonyl (C=O) groups excluding carboxylic acids is 1. The summed E-state index contributed by atoms with van der Waals surface area (Å²) in [6.45, 7) is 13.0. The molecule has 2 bridgehead atoms. The average Bonchev–Trinajstić information content (AvgIpc) is 3.15. The summed E-state index contributed by atoms with van der Waals surface area (Å²) in [7, 11) is -2.20. The molecule has 0 radical (unpaired) electrons. The molecule has 3 N–H and O–H groups in total. The van der Waals surface area contributed by atoms with Crippen molar-refractivity contribution in [1.82, 2.24) is 14.9 Å². The van der Waals surface area contributed by atoms with Gasteiger partial charge in [0.25, 0.3) is 11.5 Å². The van der Waals surface area contributed by atoms with Crippen LogP contribution in [0.1, 0.15) is 50.8 Å². The van der Waals surface area contributed by atoms with Crippen molar-refractivity contribution in [3.8, 4) is 17.1 Å². The van der Waals surface area contributed by atoms with E-state index in [0.29, 0.717) is 29.1 Å². The van der Waals surface area contributed by atoms with Crippen molar-refractivity contribution >= 4 is 30.1 Å². The zero-order valence-electron chi connectivity index (χ0n) is 22.6. The van der Waals surface area contributed by atoms with Gasteiger partial charge in [0.2, 0.25) is 0 Å². The van der Waals surface area contributed by atoms with Gasteiger partial charge in [0.1, 0.15) is 5.75 Å². The Labute approximate surface area is 221 Å². The Balaban J connectivity index is 1.68. The second-order valence-electron chi connectivity index (χ2n) is 12.2. The van der Waals surface area contributed by atoms with Crippen LogP contribution in [-0.2, 0) is 33.0 Å². The number of ether oxygens (including phenoxy) is 2. The Morgan fingerprint density at radius 1 is 1.18 bits per heavy atom. The molecule has 5 heterocycles. The minimum Gasteiger partial charge on any atom is -0.508 e. The van der Waals surface area contributed by atoms with Gasteiger partial charge in [-0.3, -0.25) is 9.59 Å². The molecule has 1 amide bonds. The predicted octanol–water partition coefficient (Wildman–Crippen LogP) is 2.77. The molecule has 2 atom stereocenters. The number of phenols is 1. The molecule has 0 aliphatic carbocycles. The van der Waals surface area contributed by atoms with Gasteiger partial charge in [-0.15, -0.1) is 0 Å². The van der Waals surface area contributed by atoms with Crippen LogP contribution >= 0.6 is 0 Å². The van der Waals surface area contributed by atoms with E-state index in [-0.39, 0.29) is 35.9 Å². The number of aromatic nitrogens is 2. The molecule has 1 saturated heterocycles. The zero-order valence-corrected chi connectivity index (χ0v) is 23.6. The number of nitrogens with one attached hydrogen (secondary N) is 1. The van der Waals surface area contributed by atoms with E-state index in [1.54, 1.807) is 23.6 Å². The van der Waals surface area contributed by atoms with Crippen molar-refractivity contribution in [2.24, 2.45) is 0 Å². The summed E-state index contributed by atoms with van der Waals surface area (Å²) in [5.41, 5.74) is 1.87. The molecule has 9 nitrogen and oxygen atoms in total. The SMILES string of the molecule is CC[C@@]12O[C@](O)(CNC1=O)OCc1c2cc2n(c1=O)Cc1c-2nc2ccc(O)cc2c1[Si](C)(C)C(C)(C)C. The van der Waals surface area contributed by atoms with Crippen molar-refractivity contribution in [3.63, 3.8) is 0 Å². The molecule has 3 aliphatic heterocycles. The standard InChI is InChI=1S/C28H33N3O6Si/c1-7-27-19-11-21-22-17(12-31(21)24(33)18(19)13-36-28(35,37-27)14-29-25(27)34)23(38(5,6)26(2,3)4)16-10-15(32)8-9-20(16)30-22/h8-11,32,35H,7,12-14H2,1-6H3,(H,29,34)/t27-,28-/m0/s1. The number of hydrogen-bond donors (Lipinski definition) is 3. The fourth-order valence-corrected chi connectivity index (χ4v) is 8.58. The summed E-state index contributed by atoms with van der Waals surface area (Å²) < 4.78 is 13.3. The maximum absolute atomic E-state index is 14.0. The van der Waals surface area contributed by atoms with Gasteiger partial charge in [-0.2, -0.15) is 0 Å². The van der Waals surface area contributed by atoms with Gasteiger partial charge in [0, 0.05) is 10.9 Å². The molecule has 6 rings (SSSR count). The molecule has 38 heavy (non-hydrogen) atoms. The van der Waals surface area contributed by atoms with Gasteiger partial charge in [-0.05, 0) is 46.5 Å². The minimum absolute atomic E-state index is 0.0179. The molecule has 10 heteroatoms. The lowest BCUT2D eigenvalue weighted by molar-refractivity contribution is -0.395. The highest BCUT2D eigenvalue weighted by molar-refractivity contribution is 6.94. The summed E-state index contributed by atoms with van der Waals surface area (Å²) in [6.07, 6.45) is 0.201. The van der Waals surface area contributed by atoms with E-state index in [2.05, 4.69) is 39.2 Å². The molecule has 1 aromatic carbocycles. The van der Waals surface area contributed by atoms with Gasteiger partial charge < -0.3 is 29.6 Å². The van der Waals surface area contributed by atoms with E-state index in [0.717, 1.165) is 16.5 Å². The largest absolute Gasteiger partial charge is 0.508 e. The number of benzene rings is 1. The Morgan fingerprint density at radius 3 is 2.61 bits per heavy atom. The van der Waals surface area contributed by atoms with Crippen LogP contribution in [0.5, 0.6) is 5.75 Å². The minimum atomic E-state index is -2.20. The third-order valence-electron chi connectivity index (χ3n) is 9.08. The van der Waals surface area contributed by atoms with Crippen LogP contribution in [0.2, 0.25) is 18.1 Å². The predicted molar refractivity (Wildman–Crippen MR) is 145 cm³/mol. The van der Waals surface area contributed by atoms with E-state index in [4.69, 9.17) is 14.5 Å². The lowest BCUT2D eigenvalue weighted by Gasteiger charge is -2.41. The maximum atomic E-state index is 14.0. The monoisotopic (exact) mass is 535 g/mol. The molecule has 0 saturated carbocycles. The Kier molecular flexibility index (Phi) is 5.15. The number of morpholine rings is 1. The van der Waals surface area contributed by atoms with Crippen LogP contribution in [0.4, 0.5) is 0 Å². The molecular formula is C28H33N3O6Si. The highest BCUT2D eigenvalue weighted by Gasteiger charge is 2.56. The van der Waals surface area contributed by atoms with Crippen LogP contribution in [0.15, 0.2) is 29.1 Å². The number of hydrogen-bond acceptors (Lipinski definition) is 7. The highest BCUT2D eigenvalue weighted by atomic mass is 28.3. The normalized spacial score (nSPS) is 24.4. The number of amides is 1. The molecule has 2 aromatic heterocycles. The highest BCUT2D eigenvalue weighted by Crippen LogP contribution is 2.45. The van der Waals surface area contributed by atoms with Gasteiger partial charge in [0.05, 0.1) is 50.2 Å². The summed E-state index contributed by atoms with van der Waals surface area (Å²) >= 11 is 0. The van der Waals surface area contributed by atoms with Crippen molar-refractivity contribution in [1.29, 1.82) is 0 Å². The molecule has 3 aliphatic rings. The fourth-order valence-electron chi connectivity index (χ4n) is 6.00. The Hall–Kier alpha value is -3.05. The summed E-state index contributed by atoms with van der Waals surface area (Å²) in [5.74, 6) is -2.26. The average molecular weight is 536 g/mol. The number of rotatable bonds is 2. The summed E-state index contributed by atoms with van der Waals surface area (Å²) in [5, 5.41) is 26.0. The van der Waals surface area contributed by atoms with E-state index >= 15 is 0 Å². The smallest absolute Gasteiger partial charge is 0.300 e. The summed E-state index contributed by atoms with van der Waals surface area (Å²) in [6, 6.07) is 7.03. The number of β-amino-alcohol motifs (C(OH)–C–C–N with tert-alkyl or cyclic N) is 1. The van der Waals surface area contributed by atoms with E-state index in [1.165, 1.54) is 5.19 Å². The molecule has 3 aromatic rings. The van der Waals surface area contributed by atoms with Crippen molar-refractivity contribution in [2.75, 3.05) is 6.54 Å². The van der Waals surface area contributed by atoms with Gasteiger partial charge in [-0.25, -0.2) is 4.98 Å². The number of pyridine rings is 2. The van der Waals surface area contributed by atoms with Crippen molar-refractivity contribution < 1.29 is 24.5 Å². The molecule has 0 spiro atoms. The zero-order chi connectivity index (χ0) is 27.4. The molecule has 0 unspecified atom stereocenters. The lowest BCUT2D eigenvalue weighted by atomic mass is 9.85. The number of phenolic OH excluding ortho intramolecular Hbond substituents is 1. The Bertz CT molecular complexity index is 1610. The van der Waals surface area contributed by atoms with E-state index in [9.17, 15) is 19.8 Å². The van der Waals surface area contributed by atoms with E-state index in [1.807, 2.05) is 12.1 Å². The third-order valence-corrected chi connectivity index (χ3v) is 14.6. The first-order valence-electron chi connectivity index (χ1n) is 13.0. The van der Waals surface area contributed by atoms with Crippen LogP contribution in [0.25, 0.3) is 22.3 Å². The van der Waals surface area contributed by atoms with Crippen LogP contribution < -0.4 is 16.1 Å². The first-order valence-corrected chi connectivity index (χ1v) is 16.0. The van der Waals surface area contributed by atoms with Gasteiger partial charge in [-0.1, -0.05) is 40.8 Å². The van der Waals surface area contributed by atoms with Crippen molar-refractivity contribution in [3.05, 3.63) is 51.3 Å². The quantitative estimate of drug-likeness (QED) is 0.337. The van der Waals surface area contributed by atoms with Crippen LogP contribution in [0.3, 0.4) is 0 Å². The number of aliphatic hydroxyl groups is 1. The topological polar surface area (TPSA) is 123 Å². The van der Waals surface area contributed by atoms with Crippen LogP contribution in [0, 0.1) is 0 Å². The summed E-state index contributed by atoms with van der Waals surface area (Å²) in [4.78, 5) is 32.3. The number of carbonyl (C=O) groups is 1. The van der Waals surface area contributed by atoms with Gasteiger partial charge in [0.15, 0.2) is 5.60 Å². The molecule has 200 valence electrons. The maximum Gasteiger partial charge on any atom is 0.300 e. The second-order valence-corrected chi connectivity index (χ2v) is 17.4. The first kappa shape index (κ1) is 25.2. The van der Waals surface area contributed by atoms with Crippen LogP contribution in [-0.4, -0.2) is 46.3 Å². The van der Waals surface area contributed by atoms with Crippen molar-refractivity contribution in [2.45, 2.75) is 77.0 Å². The number of nitrogens with zero attached hydrogens (tertiary/aromatic N) is 2. The lowest BCUT2D eigenvalue weighted by Crippen LogP contribution is -2.62.